The second kappa shape index (κ2) is 13.4. The van der Waals surface area contributed by atoms with Crippen LogP contribution in [0.4, 0.5) is 0 Å². The van der Waals surface area contributed by atoms with Crippen LogP contribution in [-0.4, -0.2) is 9.55 Å². The Kier molecular flexibility index (Phi) is 7.57. The summed E-state index contributed by atoms with van der Waals surface area (Å²) in [6.45, 7) is 0. The van der Waals surface area contributed by atoms with Crippen molar-refractivity contribution in [3.63, 3.8) is 0 Å². The first-order valence-electron chi connectivity index (χ1n) is 20.3. The van der Waals surface area contributed by atoms with Gasteiger partial charge in [0.05, 0.1) is 11.0 Å². The van der Waals surface area contributed by atoms with E-state index in [-0.39, 0.29) is 0 Å². The lowest BCUT2D eigenvalue weighted by molar-refractivity contribution is 1.18. The van der Waals surface area contributed by atoms with Crippen molar-refractivity contribution in [3.05, 3.63) is 219 Å². The summed E-state index contributed by atoms with van der Waals surface area (Å²) >= 11 is 0. The maximum Gasteiger partial charge on any atom is 0.0547 e. The van der Waals surface area contributed by atoms with E-state index in [1.54, 1.807) is 0 Å². The molecule has 0 unspecified atom stereocenters. The van der Waals surface area contributed by atoms with Crippen molar-refractivity contribution in [1.82, 2.24) is 9.55 Å². The molecule has 2 nitrogen and oxygen atoms in total. The van der Waals surface area contributed by atoms with E-state index in [0.717, 1.165) is 5.69 Å². The summed E-state index contributed by atoms with van der Waals surface area (Å²) in [5.74, 6) is 0. The van der Waals surface area contributed by atoms with Gasteiger partial charge in [0.15, 0.2) is 0 Å². The lowest BCUT2D eigenvalue weighted by atomic mass is 9.85. The van der Waals surface area contributed by atoms with Gasteiger partial charge in [-0.25, -0.2) is 0 Å². The molecule has 0 saturated heterocycles. The van der Waals surface area contributed by atoms with Crippen LogP contribution in [0.25, 0.3) is 115 Å². The topological polar surface area (TPSA) is 17.8 Å². The zero-order valence-electron chi connectivity index (χ0n) is 32.2. The molecule has 10 aromatic carbocycles. The van der Waals surface area contributed by atoms with Gasteiger partial charge in [0.25, 0.3) is 0 Å². The Bertz CT molecular complexity index is 3470. The first-order valence-corrected chi connectivity index (χ1v) is 20.3. The van der Waals surface area contributed by atoms with Gasteiger partial charge < -0.3 is 4.57 Å². The summed E-state index contributed by atoms with van der Waals surface area (Å²) in [5, 5.41) is 12.6. The minimum atomic E-state index is 1.14. The van der Waals surface area contributed by atoms with Crippen LogP contribution in [0.1, 0.15) is 0 Å². The summed E-state index contributed by atoms with van der Waals surface area (Å²) in [6, 6.07) is 75.8. The fraction of sp³-hybridized carbons (Fsp3) is 0. The highest BCUT2D eigenvalue weighted by Crippen LogP contribution is 2.46. The van der Waals surface area contributed by atoms with Crippen LogP contribution in [0.3, 0.4) is 0 Å². The monoisotopic (exact) mass is 748 g/mol. The molecule has 0 spiro atoms. The predicted octanol–water partition coefficient (Wildman–Crippen LogP) is 15.5. The number of hydrogen-bond acceptors (Lipinski definition) is 1. The van der Waals surface area contributed by atoms with Gasteiger partial charge in [-0.2, -0.15) is 0 Å². The van der Waals surface area contributed by atoms with E-state index in [4.69, 9.17) is 0 Å². The number of fused-ring (bicyclic) bond motifs is 9. The van der Waals surface area contributed by atoms with Crippen LogP contribution >= 0.6 is 0 Å². The van der Waals surface area contributed by atoms with Crippen molar-refractivity contribution in [2.45, 2.75) is 0 Å². The Morgan fingerprint density at radius 3 is 1.34 bits per heavy atom. The van der Waals surface area contributed by atoms with E-state index < -0.39 is 0 Å². The molecule has 0 aliphatic rings. The normalized spacial score (nSPS) is 11.7. The fourth-order valence-electron chi connectivity index (χ4n) is 9.59. The van der Waals surface area contributed by atoms with Gasteiger partial charge in [-0.3, -0.25) is 4.98 Å². The molecule has 12 rings (SSSR count). The first kappa shape index (κ1) is 33.3. The molecule has 0 aliphatic carbocycles. The largest absolute Gasteiger partial charge is 0.309 e. The molecule has 274 valence electrons. The molecule has 2 heterocycles. The van der Waals surface area contributed by atoms with Crippen molar-refractivity contribution in [2.75, 3.05) is 0 Å². The van der Waals surface area contributed by atoms with Crippen molar-refractivity contribution in [2.24, 2.45) is 0 Å². The summed E-state index contributed by atoms with van der Waals surface area (Å²) in [5.41, 5.74) is 13.2. The number of nitrogens with zero attached hydrogens (tertiary/aromatic N) is 2. The van der Waals surface area contributed by atoms with Gasteiger partial charge in [0, 0.05) is 28.9 Å². The number of benzene rings is 10. The first-order chi connectivity index (χ1) is 29.3. The molecule has 2 heteroatoms. The highest BCUT2D eigenvalue weighted by Gasteiger charge is 2.20. The zero-order chi connectivity index (χ0) is 38.9. The summed E-state index contributed by atoms with van der Waals surface area (Å²) in [4.78, 5) is 4.20. The number of aromatic nitrogens is 2. The average Bonchev–Trinajstić information content (AvgIpc) is 3.67. The molecule has 0 atom stereocenters. The van der Waals surface area contributed by atoms with Crippen molar-refractivity contribution < 1.29 is 0 Å². The molecule has 12 aromatic rings. The average molecular weight is 749 g/mol. The number of hydrogen-bond donors (Lipinski definition) is 0. The second-order valence-electron chi connectivity index (χ2n) is 15.5. The molecule has 0 N–H and O–H groups in total. The highest BCUT2D eigenvalue weighted by atomic mass is 15.0. The molecule has 2 aromatic heterocycles. The third-order valence-electron chi connectivity index (χ3n) is 12.3. The summed E-state index contributed by atoms with van der Waals surface area (Å²) in [7, 11) is 0. The minimum absolute atomic E-state index is 1.14. The van der Waals surface area contributed by atoms with E-state index in [2.05, 4.69) is 216 Å². The van der Waals surface area contributed by atoms with Gasteiger partial charge in [-0.05, 0) is 130 Å². The van der Waals surface area contributed by atoms with Gasteiger partial charge >= 0.3 is 0 Å². The molecule has 0 bridgehead atoms. The predicted molar refractivity (Wildman–Crippen MR) is 250 cm³/mol. The van der Waals surface area contributed by atoms with E-state index >= 15 is 0 Å². The quantitative estimate of drug-likeness (QED) is 0.160. The zero-order valence-corrected chi connectivity index (χ0v) is 32.2. The Morgan fingerprint density at radius 2 is 0.729 bits per heavy atom. The standard InChI is InChI=1S/C57H36N2/c1-2-12-42(13-3-1)55-49-17-9-8-16-48(49)54(50-29-24-44(36-51(50)55)38-20-18-37(19-21-38)39-32-34-58-35-33-39)43-22-27-45(28-23-43)59-52-30-25-40-10-4-6-14-46(40)56(52)57-47-15-7-5-11-41(47)26-31-53(57)59/h1-36H. The van der Waals surface area contributed by atoms with Crippen LogP contribution in [-0.2, 0) is 0 Å². The minimum Gasteiger partial charge on any atom is -0.309 e. The van der Waals surface area contributed by atoms with Crippen molar-refractivity contribution >= 4 is 64.9 Å². The maximum absolute atomic E-state index is 4.20. The van der Waals surface area contributed by atoms with E-state index in [9.17, 15) is 0 Å². The molecule has 0 fully saturated rings. The molecule has 0 amide bonds. The van der Waals surface area contributed by atoms with Gasteiger partial charge in [0.2, 0.25) is 0 Å². The Morgan fingerprint density at radius 1 is 0.288 bits per heavy atom. The third-order valence-corrected chi connectivity index (χ3v) is 12.3. The van der Waals surface area contributed by atoms with Gasteiger partial charge in [0.1, 0.15) is 0 Å². The van der Waals surface area contributed by atoms with Crippen molar-refractivity contribution in [3.8, 4) is 50.2 Å². The molecule has 0 saturated carbocycles. The van der Waals surface area contributed by atoms with Gasteiger partial charge in [-0.1, -0.05) is 164 Å². The Hall–Kier alpha value is -7.81. The Balaban J connectivity index is 1.06. The number of rotatable bonds is 5. The summed E-state index contributed by atoms with van der Waals surface area (Å²) < 4.78 is 2.45. The maximum atomic E-state index is 4.20. The molecular formula is C57H36N2. The van der Waals surface area contributed by atoms with Crippen LogP contribution in [0.15, 0.2) is 219 Å². The third kappa shape index (κ3) is 5.31. The fourth-order valence-corrected chi connectivity index (χ4v) is 9.59. The van der Waals surface area contributed by atoms with E-state index in [0.29, 0.717) is 0 Å². The lowest BCUT2D eigenvalue weighted by Gasteiger charge is -2.19. The van der Waals surface area contributed by atoms with Gasteiger partial charge in [-0.15, -0.1) is 0 Å². The second-order valence-corrected chi connectivity index (χ2v) is 15.5. The molecule has 0 radical (unpaired) electrons. The van der Waals surface area contributed by atoms with Crippen LogP contribution in [0, 0.1) is 0 Å². The lowest BCUT2D eigenvalue weighted by Crippen LogP contribution is -1.95. The summed E-state index contributed by atoms with van der Waals surface area (Å²) in [6.07, 6.45) is 3.70. The molecule has 59 heavy (non-hydrogen) atoms. The smallest absolute Gasteiger partial charge is 0.0547 e. The highest BCUT2D eigenvalue weighted by molar-refractivity contribution is 6.28. The van der Waals surface area contributed by atoms with Crippen molar-refractivity contribution in [1.29, 1.82) is 0 Å². The Labute approximate surface area is 341 Å². The van der Waals surface area contributed by atoms with Crippen LogP contribution < -0.4 is 0 Å². The number of pyridine rings is 1. The molecule has 0 aliphatic heterocycles. The van der Waals surface area contributed by atoms with Crippen LogP contribution in [0.5, 0.6) is 0 Å². The van der Waals surface area contributed by atoms with Crippen LogP contribution in [0.2, 0.25) is 0 Å². The van der Waals surface area contributed by atoms with E-state index in [1.165, 1.54) is 109 Å². The molecular weight excluding hydrogens is 713 g/mol. The SMILES string of the molecule is c1ccc(-c2c3ccccc3c(-c3ccc(-n4c5ccc6ccccc6c5c5c6ccccc6ccc54)cc3)c3ccc(-c4ccc(-c5ccncc5)cc4)cc23)cc1. The van der Waals surface area contributed by atoms with E-state index in [1.807, 2.05) is 12.4 Å².